The monoisotopic (exact) mass is 281 g/mol. The van der Waals surface area contributed by atoms with Crippen LogP contribution in [0.4, 0.5) is 0 Å². The molecule has 6 heteroatoms. The molecular weight excluding hydrogens is 262 g/mol. The van der Waals surface area contributed by atoms with Crippen molar-refractivity contribution in [2.24, 2.45) is 5.92 Å². The van der Waals surface area contributed by atoms with Crippen molar-refractivity contribution in [2.75, 3.05) is 19.7 Å². The minimum absolute atomic E-state index is 0.177. The molecule has 1 N–H and O–H groups in total. The first-order chi connectivity index (χ1) is 9.29. The maximum atomic E-state index is 9.94. The minimum atomic E-state index is -0.177. The number of ether oxygens (including phenoxy) is 1. The minimum Gasteiger partial charge on any atom is -0.471 e. The normalized spacial score (nSPS) is 34.0. The van der Waals surface area contributed by atoms with E-state index in [1.165, 1.54) is 11.7 Å². The molecule has 0 radical (unpaired) electrons. The van der Waals surface area contributed by atoms with E-state index in [2.05, 4.69) is 13.6 Å². The number of hydrogen-bond acceptors (Lipinski definition) is 6. The van der Waals surface area contributed by atoms with Gasteiger partial charge in [-0.3, -0.25) is 4.90 Å². The molecule has 2 aliphatic rings. The third-order valence-corrected chi connectivity index (χ3v) is 4.56. The van der Waals surface area contributed by atoms with E-state index in [0.717, 1.165) is 31.6 Å². The summed E-state index contributed by atoms with van der Waals surface area (Å²) in [4.78, 5) is 2.32. The van der Waals surface area contributed by atoms with E-state index in [0.29, 0.717) is 18.4 Å². The number of fused-ring (bicyclic) bond motifs is 2. The molecule has 0 aliphatic carbocycles. The Bertz CT molecular complexity index is 460. The lowest BCUT2D eigenvalue weighted by Crippen LogP contribution is -2.31. The molecule has 2 aliphatic heterocycles. The fourth-order valence-electron chi connectivity index (χ4n) is 3.00. The van der Waals surface area contributed by atoms with Crippen LogP contribution in [0.25, 0.3) is 0 Å². The second-order valence-electron chi connectivity index (χ2n) is 5.21. The molecule has 1 aromatic rings. The largest absolute Gasteiger partial charge is 0.471 e. The number of nitrogens with zero attached hydrogens (tertiary/aromatic N) is 3. The van der Waals surface area contributed by atoms with Gasteiger partial charge in [0.25, 0.3) is 5.88 Å². The van der Waals surface area contributed by atoms with Crippen molar-refractivity contribution in [1.82, 2.24) is 13.6 Å². The van der Waals surface area contributed by atoms with Crippen LogP contribution in [0.2, 0.25) is 0 Å². The number of rotatable bonds is 4. The molecule has 4 atom stereocenters. The smallest absolute Gasteiger partial charge is 0.251 e. The highest BCUT2D eigenvalue weighted by Crippen LogP contribution is 2.41. The Hall–Kier alpha value is -0.980. The van der Waals surface area contributed by atoms with Gasteiger partial charge in [-0.15, -0.1) is 4.37 Å². The van der Waals surface area contributed by atoms with Gasteiger partial charge in [0, 0.05) is 13.1 Å². The second kappa shape index (κ2) is 5.56. The molecular formula is C13H19N3O2S. The molecule has 1 aromatic heterocycles. The standard InChI is InChI=1S/C13H19N3O2S/c1-2-3-6-18-13-12(14-19-15-13)10-5-4-9-7-16(10)8-11(9)17/h2-3,9-11,17H,4-8H2,1H3/b3-2-. The lowest BCUT2D eigenvalue weighted by Gasteiger charge is -2.30. The number of aliphatic hydroxyl groups excluding tert-OH is 1. The topological polar surface area (TPSA) is 58.5 Å². The van der Waals surface area contributed by atoms with Gasteiger partial charge in [0.15, 0.2) is 0 Å². The highest BCUT2D eigenvalue weighted by molar-refractivity contribution is 6.99. The number of allylic oxidation sites excluding steroid dienone is 1. The summed E-state index contributed by atoms with van der Waals surface area (Å²) in [5.74, 6) is 1.10. The van der Waals surface area contributed by atoms with Crippen molar-refractivity contribution in [3.05, 3.63) is 17.8 Å². The van der Waals surface area contributed by atoms with Crippen molar-refractivity contribution in [1.29, 1.82) is 0 Å². The zero-order chi connectivity index (χ0) is 13.2. The van der Waals surface area contributed by atoms with Crippen LogP contribution in [0.15, 0.2) is 12.2 Å². The first-order valence-electron chi connectivity index (χ1n) is 6.78. The first kappa shape index (κ1) is 13.0. The average Bonchev–Trinajstić information content (AvgIpc) is 2.97. The van der Waals surface area contributed by atoms with E-state index in [-0.39, 0.29) is 12.1 Å². The summed E-state index contributed by atoms with van der Waals surface area (Å²) >= 11 is 1.21. The van der Waals surface area contributed by atoms with Gasteiger partial charge in [-0.1, -0.05) is 12.2 Å². The van der Waals surface area contributed by atoms with Gasteiger partial charge in [0.1, 0.15) is 12.3 Å². The van der Waals surface area contributed by atoms with Crippen molar-refractivity contribution < 1.29 is 9.84 Å². The zero-order valence-corrected chi connectivity index (χ0v) is 11.8. The molecule has 0 spiro atoms. The summed E-state index contributed by atoms with van der Waals surface area (Å²) in [6, 6.07) is 0.257. The van der Waals surface area contributed by atoms with Crippen molar-refractivity contribution in [2.45, 2.75) is 31.9 Å². The van der Waals surface area contributed by atoms with Gasteiger partial charge in [0.05, 0.1) is 23.9 Å². The molecule has 104 valence electrons. The maximum absolute atomic E-state index is 9.94. The highest BCUT2D eigenvalue weighted by Gasteiger charge is 2.41. The third kappa shape index (κ3) is 2.52. The van der Waals surface area contributed by atoms with Crippen LogP contribution in [0.5, 0.6) is 5.88 Å². The SMILES string of the molecule is C/C=C\COc1nsnc1C1CCC2CN1CC2O. The van der Waals surface area contributed by atoms with E-state index < -0.39 is 0 Å². The van der Waals surface area contributed by atoms with Crippen LogP contribution in [-0.4, -0.2) is 44.6 Å². The molecule has 0 aromatic carbocycles. The Kier molecular flexibility index (Phi) is 3.81. The van der Waals surface area contributed by atoms with Crippen LogP contribution in [0.3, 0.4) is 0 Å². The zero-order valence-electron chi connectivity index (χ0n) is 11.0. The summed E-state index contributed by atoms with van der Waals surface area (Å²) in [5.41, 5.74) is 0.946. The number of aromatic nitrogens is 2. The van der Waals surface area contributed by atoms with Gasteiger partial charge < -0.3 is 9.84 Å². The van der Waals surface area contributed by atoms with Gasteiger partial charge in [-0.2, -0.15) is 4.37 Å². The summed E-state index contributed by atoms with van der Waals surface area (Å²) in [6.07, 6.45) is 5.84. The molecule has 3 rings (SSSR count). The quantitative estimate of drug-likeness (QED) is 0.850. The van der Waals surface area contributed by atoms with Crippen molar-refractivity contribution >= 4 is 11.7 Å². The van der Waals surface area contributed by atoms with Crippen LogP contribution in [-0.2, 0) is 0 Å². The Labute approximate surface area is 117 Å². The third-order valence-electron chi connectivity index (χ3n) is 4.04. The summed E-state index contributed by atoms with van der Waals surface area (Å²) in [5, 5.41) is 9.94. The second-order valence-corrected chi connectivity index (χ2v) is 5.74. The predicted octanol–water partition coefficient (Wildman–Crippen LogP) is 1.62. The fourth-order valence-corrected chi connectivity index (χ4v) is 3.55. The molecule has 5 nitrogen and oxygen atoms in total. The lowest BCUT2D eigenvalue weighted by molar-refractivity contribution is 0.144. The lowest BCUT2D eigenvalue weighted by atomic mass is 9.93. The van der Waals surface area contributed by atoms with Crippen LogP contribution >= 0.6 is 11.7 Å². The number of piperidine rings is 1. The summed E-state index contributed by atoms with van der Waals surface area (Å²) < 4.78 is 14.3. The molecule has 0 amide bonds. The van der Waals surface area contributed by atoms with Crippen LogP contribution in [0.1, 0.15) is 31.5 Å². The van der Waals surface area contributed by atoms with E-state index in [4.69, 9.17) is 4.74 Å². The molecule has 3 heterocycles. The average molecular weight is 281 g/mol. The number of aliphatic hydroxyl groups is 1. The molecule has 4 unspecified atom stereocenters. The molecule has 2 fully saturated rings. The van der Waals surface area contributed by atoms with Gasteiger partial charge in [-0.25, -0.2) is 0 Å². The van der Waals surface area contributed by atoms with Crippen molar-refractivity contribution in [3.8, 4) is 5.88 Å². The van der Waals surface area contributed by atoms with Gasteiger partial charge in [0.2, 0.25) is 0 Å². The summed E-state index contributed by atoms with van der Waals surface area (Å²) in [7, 11) is 0. The summed E-state index contributed by atoms with van der Waals surface area (Å²) in [6.45, 7) is 4.22. The Morgan fingerprint density at radius 2 is 2.32 bits per heavy atom. The van der Waals surface area contributed by atoms with E-state index in [1.54, 1.807) is 0 Å². The van der Waals surface area contributed by atoms with E-state index in [9.17, 15) is 5.11 Å². The first-order valence-corrected chi connectivity index (χ1v) is 7.51. The number of hydrogen-bond donors (Lipinski definition) is 1. The molecule has 0 saturated carbocycles. The van der Waals surface area contributed by atoms with Gasteiger partial charge >= 0.3 is 0 Å². The predicted molar refractivity (Wildman–Crippen MR) is 73.3 cm³/mol. The molecule has 19 heavy (non-hydrogen) atoms. The fraction of sp³-hybridized carbons (Fsp3) is 0.692. The van der Waals surface area contributed by atoms with Crippen LogP contribution in [0, 0.1) is 5.92 Å². The Balaban J connectivity index is 1.73. The van der Waals surface area contributed by atoms with Gasteiger partial charge in [-0.05, 0) is 25.7 Å². The van der Waals surface area contributed by atoms with Crippen LogP contribution < -0.4 is 4.74 Å². The highest BCUT2D eigenvalue weighted by atomic mass is 32.1. The molecule has 2 saturated heterocycles. The van der Waals surface area contributed by atoms with E-state index >= 15 is 0 Å². The maximum Gasteiger partial charge on any atom is 0.251 e. The molecule has 2 bridgehead atoms. The Morgan fingerprint density at radius 1 is 1.42 bits per heavy atom. The van der Waals surface area contributed by atoms with Crippen molar-refractivity contribution in [3.63, 3.8) is 0 Å². The van der Waals surface area contributed by atoms with E-state index in [1.807, 2.05) is 19.1 Å². The Morgan fingerprint density at radius 3 is 3.16 bits per heavy atom.